The summed E-state index contributed by atoms with van der Waals surface area (Å²) in [6.07, 6.45) is 2.24. The number of rotatable bonds is 7. The zero-order valence-electron chi connectivity index (χ0n) is 10.5. The molecule has 0 saturated heterocycles. The minimum atomic E-state index is -0.357. The Balaban J connectivity index is 2.30. The van der Waals surface area contributed by atoms with Crippen molar-refractivity contribution in [3.05, 3.63) is 29.8 Å². The quantitative estimate of drug-likeness (QED) is 0.548. The highest BCUT2D eigenvalue weighted by Gasteiger charge is 2.03. The molecule has 96 valence electrons. The predicted molar refractivity (Wildman–Crippen MR) is 67.1 cm³/mol. The van der Waals surface area contributed by atoms with Crippen LogP contribution in [-0.4, -0.2) is 19.2 Å². The molecule has 0 aliphatic rings. The summed E-state index contributed by atoms with van der Waals surface area (Å²) >= 11 is 0. The molecule has 0 radical (unpaired) electrons. The van der Waals surface area contributed by atoms with Gasteiger partial charge in [-0.15, -0.1) is 0 Å². The van der Waals surface area contributed by atoms with Crippen molar-refractivity contribution in [3.63, 3.8) is 0 Å². The lowest BCUT2D eigenvalue weighted by Crippen LogP contribution is -2.15. The summed E-state index contributed by atoms with van der Waals surface area (Å²) in [4.78, 5) is 11.3. The zero-order valence-corrected chi connectivity index (χ0v) is 10.5. The molecule has 0 fully saturated rings. The second-order valence-corrected chi connectivity index (χ2v) is 3.84. The normalized spacial score (nSPS) is 9.56. The van der Waals surface area contributed by atoms with Crippen molar-refractivity contribution in [1.82, 2.24) is 0 Å². The van der Waals surface area contributed by atoms with Crippen LogP contribution < -0.4 is 4.74 Å². The molecule has 0 saturated carbocycles. The van der Waals surface area contributed by atoms with Crippen LogP contribution in [0.15, 0.2) is 24.3 Å². The smallest absolute Gasteiger partial charge is 0.344 e. The van der Waals surface area contributed by atoms with E-state index in [1.165, 1.54) is 0 Å². The van der Waals surface area contributed by atoms with E-state index in [9.17, 15) is 4.79 Å². The molecule has 0 spiro atoms. The van der Waals surface area contributed by atoms with Crippen LogP contribution in [0.1, 0.15) is 25.3 Å². The van der Waals surface area contributed by atoms with Crippen LogP contribution in [0.3, 0.4) is 0 Å². The van der Waals surface area contributed by atoms with E-state index in [-0.39, 0.29) is 12.6 Å². The summed E-state index contributed by atoms with van der Waals surface area (Å²) in [5.74, 6) is 0.244. The number of carbonyl (C=O) groups excluding carboxylic acids is 1. The average Bonchev–Trinajstić information content (AvgIpc) is 2.39. The van der Waals surface area contributed by atoms with E-state index < -0.39 is 0 Å². The summed E-state index contributed by atoms with van der Waals surface area (Å²) < 4.78 is 10.2. The molecule has 4 heteroatoms. The molecule has 0 amide bonds. The Hall–Kier alpha value is -2.02. The van der Waals surface area contributed by atoms with E-state index in [4.69, 9.17) is 14.7 Å². The summed E-state index contributed by atoms with van der Waals surface area (Å²) in [7, 11) is 0. The van der Waals surface area contributed by atoms with E-state index in [1.807, 2.05) is 6.92 Å². The van der Waals surface area contributed by atoms with E-state index >= 15 is 0 Å². The lowest BCUT2D eigenvalue weighted by Gasteiger charge is -2.06. The number of esters is 1. The molecule has 1 aromatic rings. The molecule has 18 heavy (non-hydrogen) atoms. The van der Waals surface area contributed by atoms with Crippen LogP contribution in [0.5, 0.6) is 5.75 Å². The van der Waals surface area contributed by atoms with Crippen molar-refractivity contribution in [3.8, 4) is 11.8 Å². The van der Waals surface area contributed by atoms with Crippen LogP contribution in [0, 0.1) is 11.3 Å². The van der Waals surface area contributed by atoms with Crippen LogP contribution in [-0.2, 0) is 16.0 Å². The summed E-state index contributed by atoms with van der Waals surface area (Å²) in [6, 6.07) is 9.16. The van der Waals surface area contributed by atoms with Gasteiger partial charge >= 0.3 is 5.97 Å². The molecule has 0 unspecified atom stereocenters. The van der Waals surface area contributed by atoms with Crippen molar-refractivity contribution in [2.24, 2.45) is 0 Å². The van der Waals surface area contributed by atoms with Crippen LogP contribution in [0.25, 0.3) is 0 Å². The minimum absolute atomic E-state index is 0.0820. The largest absolute Gasteiger partial charge is 0.482 e. The van der Waals surface area contributed by atoms with Gasteiger partial charge in [0, 0.05) is 0 Å². The summed E-state index contributed by atoms with van der Waals surface area (Å²) in [5, 5.41) is 8.53. The van der Waals surface area contributed by atoms with Gasteiger partial charge in [-0.3, -0.25) is 0 Å². The van der Waals surface area contributed by atoms with E-state index in [2.05, 4.69) is 6.07 Å². The SMILES string of the molecule is CCCCOC(=O)COc1ccc(CC#N)cc1. The van der Waals surface area contributed by atoms with Gasteiger partial charge < -0.3 is 9.47 Å². The zero-order chi connectivity index (χ0) is 13.2. The lowest BCUT2D eigenvalue weighted by atomic mass is 10.2. The van der Waals surface area contributed by atoms with Gasteiger partial charge in [0.05, 0.1) is 19.1 Å². The molecule has 0 bridgehead atoms. The fraction of sp³-hybridized carbons (Fsp3) is 0.429. The second-order valence-electron chi connectivity index (χ2n) is 3.84. The van der Waals surface area contributed by atoms with Gasteiger partial charge in [0.2, 0.25) is 0 Å². The number of ether oxygens (including phenoxy) is 2. The highest BCUT2D eigenvalue weighted by atomic mass is 16.6. The van der Waals surface area contributed by atoms with Gasteiger partial charge in [-0.05, 0) is 24.1 Å². The molecule has 0 aliphatic carbocycles. The first kappa shape index (κ1) is 14.0. The number of nitrogens with zero attached hydrogens (tertiary/aromatic N) is 1. The van der Waals surface area contributed by atoms with Gasteiger partial charge in [-0.1, -0.05) is 25.5 Å². The van der Waals surface area contributed by atoms with Gasteiger partial charge in [0.1, 0.15) is 5.75 Å². The maximum absolute atomic E-state index is 11.3. The number of benzene rings is 1. The number of hydrogen-bond acceptors (Lipinski definition) is 4. The van der Waals surface area contributed by atoms with Crippen molar-refractivity contribution < 1.29 is 14.3 Å². The molecule has 1 aromatic carbocycles. The predicted octanol–water partition coefficient (Wildman–Crippen LogP) is 2.47. The van der Waals surface area contributed by atoms with Crippen molar-refractivity contribution in [2.75, 3.05) is 13.2 Å². The van der Waals surface area contributed by atoms with Crippen molar-refractivity contribution in [2.45, 2.75) is 26.2 Å². The minimum Gasteiger partial charge on any atom is -0.482 e. The first-order valence-corrected chi connectivity index (χ1v) is 6.00. The maximum atomic E-state index is 11.3. The highest BCUT2D eigenvalue weighted by Crippen LogP contribution is 2.12. The Morgan fingerprint density at radius 1 is 1.33 bits per heavy atom. The fourth-order valence-electron chi connectivity index (χ4n) is 1.31. The van der Waals surface area contributed by atoms with Gasteiger partial charge in [-0.2, -0.15) is 5.26 Å². The molecular formula is C14H17NO3. The van der Waals surface area contributed by atoms with Crippen LogP contribution >= 0.6 is 0 Å². The number of carbonyl (C=O) groups is 1. The Morgan fingerprint density at radius 3 is 2.67 bits per heavy atom. The average molecular weight is 247 g/mol. The lowest BCUT2D eigenvalue weighted by molar-refractivity contribution is -0.146. The second kappa shape index (κ2) is 8.13. The molecule has 0 atom stereocenters. The molecule has 4 nitrogen and oxygen atoms in total. The third-order valence-corrected chi connectivity index (χ3v) is 2.32. The topological polar surface area (TPSA) is 59.3 Å². The third kappa shape index (κ3) is 5.35. The van der Waals surface area contributed by atoms with Gasteiger partial charge in [0.15, 0.2) is 6.61 Å². The highest BCUT2D eigenvalue weighted by molar-refractivity contribution is 5.71. The van der Waals surface area contributed by atoms with Crippen molar-refractivity contribution >= 4 is 5.97 Å². The first-order chi connectivity index (χ1) is 8.76. The Labute approximate surface area is 107 Å². The molecule has 0 aromatic heterocycles. The first-order valence-electron chi connectivity index (χ1n) is 6.00. The standard InChI is InChI=1S/C14H17NO3/c1-2-3-10-17-14(16)11-18-13-6-4-12(5-7-13)8-9-15/h4-7H,2-3,8,10-11H2,1H3. The van der Waals surface area contributed by atoms with Crippen molar-refractivity contribution in [1.29, 1.82) is 5.26 Å². The Bertz CT molecular complexity index is 406. The third-order valence-electron chi connectivity index (χ3n) is 2.32. The summed E-state index contributed by atoms with van der Waals surface area (Å²) in [6.45, 7) is 2.40. The number of hydrogen-bond donors (Lipinski definition) is 0. The van der Waals surface area contributed by atoms with Gasteiger partial charge in [0.25, 0.3) is 0 Å². The van der Waals surface area contributed by atoms with Gasteiger partial charge in [-0.25, -0.2) is 4.79 Å². The number of unbranched alkanes of at least 4 members (excludes halogenated alkanes) is 1. The molecule has 0 aliphatic heterocycles. The molecular weight excluding hydrogens is 230 g/mol. The van der Waals surface area contributed by atoms with E-state index in [0.29, 0.717) is 18.8 Å². The van der Waals surface area contributed by atoms with Crippen LogP contribution in [0.2, 0.25) is 0 Å². The molecule has 1 rings (SSSR count). The maximum Gasteiger partial charge on any atom is 0.344 e. The Kier molecular flexibility index (Phi) is 6.34. The molecule has 0 heterocycles. The van der Waals surface area contributed by atoms with E-state index in [0.717, 1.165) is 18.4 Å². The van der Waals surface area contributed by atoms with E-state index in [1.54, 1.807) is 24.3 Å². The van der Waals surface area contributed by atoms with Crippen LogP contribution in [0.4, 0.5) is 0 Å². The fourth-order valence-corrected chi connectivity index (χ4v) is 1.31. The Morgan fingerprint density at radius 2 is 2.06 bits per heavy atom. The monoisotopic (exact) mass is 247 g/mol. The summed E-state index contributed by atoms with van der Waals surface area (Å²) in [5.41, 5.74) is 0.926. The molecule has 0 N–H and O–H groups in total. The number of nitriles is 1.